The van der Waals surface area contributed by atoms with Crippen LogP contribution in [0.2, 0.25) is 0 Å². The van der Waals surface area contributed by atoms with Crippen molar-refractivity contribution in [3.05, 3.63) is 45.9 Å². The maximum atomic E-state index is 11.8. The largest absolute Gasteiger partial charge is 0.345 e. The van der Waals surface area contributed by atoms with Crippen LogP contribution in [-0.4, -0.2) is 26.1 Å². The van der Waals surface area contributed by atoms with Gasteiger partial charge >= 0.3 is 5.69 Å². The number of carbonyl (C=O) groups excluding carboxylic acids is 1. The van der Waals surface area contributed by atoms with Crippen molar-refractivity contribution in [2.75, 3.05) is 0 Å². The molecule has 2 aromatic rings. The van der Waals surface area contributed by atoms with Crippen LogP contribution in [0.5, 0.6) is 0 Å². The second-order valence-corrected chi connectivity index (χ2v) is 3.70. The molecule has 7 heteroatoms. The van der Waals surface area contributed by atoms with Gasteiger partial charge in [0, 0.05) is 17.5 Å². The van der Waals surface area contributed by atoms with Gasteiger partial charge in [-0.05, 0) is 18.6 Å². The van der Waals surface area contributed by atoms with Crippen LogP contribution in [0.4, 0.5) is 0 Å². The number of aromatic amines is 2. The van der Waals surface area contributed by atoms with E-state index in [0.29, 0.717) is 11.4 Å². The van der Waals surface area contributed by atoms with E-state index in [9.17, 15) is 9.59 Å². The summed E-state index contributed by atoms with van der Waals surface area (Å²) in [7, 11) is 0. The van der Waals surface area contributed by atoms with Crippen LogP contribution in [0, 0.1) is 0 Å². The van der Waals surface area contributed by atoms with Gasteiger partial charge in [0.25, 0.3) is 5.91 Å². The minimum atomic E-state index is -0.392. The topological polar surface area (TPSA) is 104 Å². The minimum absolute atomic E-state index is 0.168. The van der Waals surface area contributed by atoms with Gasteiger partial charge in [-0.25, -0.2) is 9.89 Å². The van der Waals surface area contributed by atoms with Crippen LogP contribution in [0.3, 0.4) is 0 Å². The average molecular weight is 247 g/mol. The van der Waals surface area contributed by atoms with Gasteiger partial charge in [-0.2, -0.15) is 5.10 Å². The van der Waals surface area contributed by atoms with E-state index >= 15 is 0 Å². The second-order valence-electron chi connectivity index (χ2n) is 3.70. The lowest BCUT2D eigenvalue weighted by molar-refractivity contribution is 0.0949. The SMILES string of the molecule is CCc1cc(C(=O)NCc2n[nH]c(=O)[nH]2)ccn1. The van der Waals surface area contributed by atoms with Crippen LogP contribution in [0.25, 0.3) is 0 Å². The van der Waals surface area contributed by atoms with Gasteiger partial charge in [0.2, 0.25) is 0 Å². The second kappa shape index (κ2) is 5.26. The highest BCUT2D eigenvalue weighted by molar-refractivity contribution is 5.94. The summed E-state index contributed by atoms with van der Waals surface area (Å²) < 4.78 is 0. The predicted octanol–water partition coefficient (Wildman–Crippen LogP) is -0.0146. The fourth-order valence-corrected chi connectivity index (χ4v) is 1.47. The van der Waals surface area contributed by atoms with Crippen molar-refractivity contribution >= 4 is 5.91 Å². The first-order valence-electron chi connectivity index (χ1n) is 5.55. The number of aromatic nitrogens is 4. The number of nitrogens with one attached hydrogen (secondary N) is 3. The number of carbonyl (C=O) groups is 1. The van der Waals surface area contributed by atoms with Crippen LogP contribution >= 0.6 is 0 Å². The lowest BCUT2D eigenvalue weighted by Crippen LogP contribution is -2.23. The Labute approximate surface area is 103 Å². The maximum Gasteiger partial charge on any atom is 0.340 e. The molecule has 2 aromatic heterocycles. The number of rotatable bonds is 4. The first-order chi connectivity index (χ1) is 8.69. The molecule has 0 aromatic carbocycles. The highest BCUT2D eigenvalue weighted by atomic mass is 16.2. The summed E-state index contributed by atoms with van der Waals surface area (Å²) in [6.45, 7) is 2.14. The molecule has 18 heavy (non-hydrogen) atoms. The van der Waals surface area contributed by atoms with Crippen LogP contribution < -0.4 is 11.0 Å². The van der Waals surface area contributed by atoms with Gasteiger partial charge in [0.05, 0.1) is 6.54 Å². The van der Waals surface area contributed by atoms with Gasteiger partial charge in [0.1, 0.15) is 5.82 Å². The van der Waals surface area contributed by atoms with Crippen molar-refractivity contribution in [3.8, 4) is 0 Å². The fraction of sp³-hybridized carbons (Fsp3) is 0.273. The van der Waals surface area contributed by atoms with Crippen molar-refractivity contribution in [1.82, 2.24) is 25.5 Å². The molecule has 0 unspecified atom stereocenters. The Morgan fingerprint density at radius 3 is 3.00 bits per heavy atom. The van der Waals surface area contributed by atoms with E-state index in [1.807, 2.05) is 6.92 Å². The number of pyridine rings is 1. The zero-order valence-corrected chi connectivity index (χ0v) is 9.86. The number of aryl methyl sites for hydroxylation is 1. The summed E-state index contributed by atoms with van der Waals surface area (Å²) in [5.41, 5.74) is 1.01. The molecule has 0 aliphatic carbocycles. The molecule has 0 fully saturated rings. The molecule has 2 rings (SSSR count). The number of hydrogen-bond donors (Lipinski definition) is 3. The smallest absolute Gasteiger partial charge is 0.340 e. The molecule has 0 saturated carbocycles. The zero-order chi connectivity index (χ0) is 13.0. The zero-order valence-electron chi connectivity index (χ0n) is 9.86. The third kappa shape index (κ3) is 2.82. The van der Waals surface area contributed by atoms with Crippen molar-refractivity contribution in [2.45, 2.75) is 19.9 Å². The Balaban J connectivity index is 2.01. The van der Waals surface area contributed by atoms with Crippen LogP contribution in [-0.2, 0) is 13.0 Å². The Morgan fingerprint density at radius 2 is 2.33 bits per heavy atom. The molecule has 0 aliphatic rings. The fourth-order valence-electron chi connectivity index (χ4n) is 1.47. The summed E-state index contributed by atoms with van der Waals surface area (Å²) in [4.78, 5) is 29.2. The van der Waals surface area contributed by atoms with Crippen molar-refractivity contribution in [2.24, 2.45) is 0 Å². The first-order valence-corrected chi connectivity index (χ1v) is 5.55. The Morgan fingerprint density at radius 1 is 1.50 bits per heavy atom. The van der Waals surface area contributed by atoms with Gasteiger partial charge in [0.15, 0.2) is 0 Å². The third-order valence-corrected chi connectivity index (χ3v) is 2.41. The van der Waals surface area contributed by atoms with Gasteiger partial charge in [-0.1, -0.05) is 6.92 Å². The molecule has 0 spiro atoms. The predicted molar refractivity (Wildman–Crippen MR) is 64.0 cm³/mol. The standard InChI is InChI=1S/C11H13N5O2/c1-2-8-5-7(3-4-12-8)10(17)13-6-9-14-11(18)16-15-9/h3-5H,2,6H2,1H3,(H,13,17)(H2,14,15,16,18). The minimum Gasteiger partial charge on any atom is -0.345 e. The summed E-state index contributed by atoms with van der Waals surface area (Å²) >= 11 is 0. The maximum absolute atomic E-state index is 11.8. The lowest BCUT2D eigenvalue weighted by atomic mass is 10.2. The van der Waals surface area contributed by atoms with E-state index in [0.717, 1.165) is 12.1 Å². The van der Waals surface area contributed by atoms with Gasteiger partial charge < -0.3 is 5.32 Å². The molecule has 7 nitrogen and oxygen atoms in total. The van der Waals surface area contributed by atoms with E-state index in [4.69, 9.17) is 0 Å². The molecule has 3 N–H and O–H groups in total. The lowest BCUT2D eigenvalue weighted by Gasteiger charge is -2.04. The number of H-pyrrole nitrogens is 2. The van der Waals surface area contributed by atoms with E-state index in [2.05, 4.69) is 25.5 Å². The molecule has 0 bridgehead atoms. The molecular weight excluding hydrogens is 234 g/mol. The average Bonchev–Trinajstić information content (AvgIpc) is 2.82. The number of hydrogen-bond acceptors (Lipinski definition) is 4. The molecule has 94 valence electrons. The van der Waals surface area contributed by atoms with Crippen LogP contribution in [0.1, 0.15) is 28.8 Å². The van der Waals surface area contributed by atoms with Crippen LogP contribution in [0.15, 0.2) is 23.1 Å². The van der Waals surface area contributed by atoms with Crippen molar-refractivity contribution < 1.29 is 4.79 Å². The number of amides is 1. The summed E-state index contributed by atoms with van der Waals surface area (Å²) in [6.07, 6.45) is 2.37. The van der Waals surface area contributed by atoms with Gasteiger partial charge in [-0.3, -0.25) is 14.8 Å². The Bertz CT molecular complexity index is 601. The third-order valence-electron chi connectivity index (χ3n) is 2.41. The molecule has 0 aliphatic heterocycles. The van der Waals surface area contributed by atoms with Crippen molar-refractivity contribution in [1.29, 1.82) is 0 Å². The van der Waals surface area contributed by atoms with E-state index in [-0.39, 0.29) is 12.5 Å². The normalized spacial score (nSPS) is 10.3. The molecular formula is C11H13N5O2. The highest BCUT2D eigenvalue weighted by Crippen LogP contribution is 2.02. The van der Waals surface area contributed by atoms with E-state index < -0.39 is 5.69 Å². The molecule has 2 heterocycles. The van der Waals surface area contributed by atoms with E-state index in [1.54, 1.807) is 18.3 Å². The monoisotopic (exact) mass is 247 g/mol. The Kier molecular flexibility index (Phi) is 3.52. The first kappa shape index (κ1) is 12.0. The quantitative estimate of drug-likeness (QED) is 0.706. The molecule has 0 saturated heterocycles. The molecule has 0 atom stereocenters. The number of nitrogens with zero attached hydrogens (tertiary/aromatic N) is 2. The van der Waals surface area contributed by atoms with Crippen molar-refractivity contribution in [3.63, 3.8) is 0 Å². The van der Waals surface area contributed by atoms with E-state index in [1.165, 1.54) is 0 Å². The molecule has 0 radical (unpaired) electrons. The summed E-state index contributed by atoms with van der Waals surface area (Å²) in [5.74, 6) is 0.161. The van der Waals surface area contributed by atoms with Gasteiger partial charge in [-0.15, -0.1) is 0 Å². The summed E-state index contributed by atoms with van der Waals surface area (Å²) in [5, 5.41) is 8.58. The summed E-state index contributed by atoms with van der Waals surface area (Å²) in [6, 6.07) is 3.38. The Hall–Kier alpha value is -2.44. The highest BCUT2D eigenvalue weighted by Gasteiger charge is 2.07. The molecule has 1 amide bonds.